The molecule has 0 radical (unpaired) electrons. The molecule has 0 spiro atoms. The number of carbonyl (C=O) groups is 1. The van der Waals surface area contributed by atoms with Crippen LogP contribution in [-0.4, -0.2) is 19.4 Å². The molecule has 0 aromatic heterocycles. The van der Waals surface area contributed by atoms with Crippen molar-refractivity contribution in [3.05, 3.63) is 29.6 Å². The Morgan fingerprint density at radius 1 is 1.31 bits per heavy atom. The maximum absolute atomic E-state index is 13.3. The van der Waals surface area contributed by atoms with Crippen molar-refractivity contribution in [1.29, 1.82) is 0 Å². The number of alkyl halides is 3. The number of hydrogen-bond donors (Lipinski definition) is 0. The summed E-state index contributed by atoms with van der Waals surface area (Å²) in [6.07, 6.45) is -5.02. The van der Waals surface area contributed by atoms with Gasteiger partial charge in [-0.05, 0) is 12.1 Å². The Morgan fingerprint density at radius 2 is 1.94 bits per heavy atom. The molecule has 0 fully saturated rings. The van der Waals surface area contributed by atoms with Crippen LogP contribution in [0, 0.1) is 5.82 Å². The van der Waals surface area contributed by atoms with E-state index in [4.69, 9.17) is 0 Å². The molecule has 0 aliphatic carbocycles. The molecule has 0 heterocycles. The van der Waals surface area contributed by atoms with Crippen molar-refractivity contribution in [1.82, 2.24) is 0 Å². The highest BCUT2D eigenvalue weighted by atomic mass is 19.4. The molecule has 1 aromatic carbocycles. The van der Waals surface area contributed by atoms with Gasteiger partial charge in [0.2, 0.25) is 0 Å². The first kappa shape index (κ1) is 12.3. The summed E-state index contributed by atoms with van der Waals surface area (Å²) in [5.74, 6) is -3.56. The van der Waals surface area contributed by atoms with Gasteiger partial charge in [0.15, 0.2) is 11.6 Å². The largest absolute Gasteiger partial charge is 0.573 e. The van der Waals surface area contributed by atoms with Gasteiger partial charge in [0, 0.05) is 0 Å². The molecule has 7 heteroatoms. The third kappa shape index (κ3) is 2.85. The van der Waals surface area contributed by atoms with Crippen LogP contribution in [0.2, 0.25) is 0 Å². The molecule has 3 nitrogen and oxygen atoms in total. The first-order valence-corrected chi connectivity index (χ1v) is 3.97. The van der Waals surface area contributed by atoms with Crippen molar-refractivity contribution in [3.8, 4) is 5.75 Å². The molecule has 0 bridgehead atoms. The second-order valence-electron chi connectivity index (χ2n) is 2.66. The van der Waals surface area contributed by atoms with Gasteiger partial charge in [-0.1, -0.05) is 6.07 Å². The minimum Gasteiger partial charge on any atom is -0.465 e. The lowest BCUT2D eigenvalue weighted by Crippen LogP contribution is -2.18. The Labute approximate surface area is 87.6 Å². The lowest BCUT2D eigenvalue weighted by Gasteiger charge is -2.10. The van der Waals surface area contributed by atoms with E-state index in [0.29, 0.717) is 0 Å². The fourth-order valence-corrected chi connectivity index (χ4v) is 0.982. The molecule has 1 rings (SSSR count). The molecule has 0 saturated carbocycles. The van der Waals surface area contributed by atoms with Crippen LogP contribution in [0.25, 0.3) is 0 Å². The van der Waals surface area contributed by atoms with E-state index in [9.17, 15) is 22.4 Å². The molecule has 0 aliphatic heterocycles. The van der Waals surface area contributed by atoms with Gasteiger partial charge in [-0.3, -0.25) is 0 Å². The first-order valence-electron chi connectivity index (χ1n) is 3.97. The molecule has 0 atom stereocenters. The molecule has 0 amide bonds. The second-order valence-corrected chi connectivity index (χ2v) is 2.66. The van der Waals surface area contributed by atoms with Gasteiger partial charge in [0.1, 0.15) is 0 Å². The van der Waals surface area contributed by atoms with E-state index in [0.717, 1.165) is 25.3 Å². The van der Waals surface area contributed by atoms with Crippen LogP contribution >= 0.6 is 0 Å². The normalized spacial score (nSPS) is 11.1. The highest BCUT2D eigenvalue weighted by molar-refractivity contribution is 5.90. The van der Waals surface area contributed by atoms with E-state index in [1.165, 1.54) is 0 Å². The van der Waals surface area contributed by atoms with Gasteiger partial charge in [0.25, 0.3) is 0 Å². The van der Waals surface area contributed by atoms with Gasteiger partial charge < -0.3 is 9.47 Å². The summed E-state index contributed by atoms with van der Waals surface area (Å²) < 4.78 is 56.4. The predicted molar refractivity (Wildman–Crippen MR) is 44.4 cm³/mol. The summed E-state index contributed by atoms with van der Waals surface area (Å²) in [4.78, 5) is 11.0. The number of halogens is 4. The summed E-state index contributed by atoms with van der Waals surface area (Å²) in [7, 11) is 0.985. The van der Waals surface area contributed by atoms with E-state index in [1.807, 2.05) is 0 Å². The Bertz CT molecular complexity index is 400. The number of methoxy groups -OCH3 is 1. The maximum Gasteiger partial charge on any atom is 0.573 e. The lowest BCUT2D eigenvalue weighted by atomic mass is 10.2. The molecule has 0 saturated heterocycles. The van der Waals surface area contributed by atoms with Gasteiger partial charge in [-0.15, -0.1) is 13.2 Å². The zero-order chi connectivity index (χ0) is 12.3. The van der Waals surface area contributed by atoms with Crippen molar-refractivity contribution in [2.45, 2.75) is 6.36 Å². The molecule has 16 heavy (non-hydrogen) atoms. The summed E-state index contributed by atoms with van der Waals surface area (Å²) in [5.41, 5.74) is -0.621. The van der Waals surface area contributed by atoms with Crippen LogP contribution < -0.4 is 4.74 Å². The van der Waals surface area contributed by atoms with Gasteiger partial charge in [-0.25, -0.2) is 9.18 Å². The van der Waals surface area contributed by atoms with Crippen molar-refractivity contribution >= 4 is 5.97 Å². The van der Waals surface area contributed by atoms with Crippen molar-refractivity contribution in [3.63, 3.8) is 0 Å². The van der Waals surface area contributed by atoms with Crippen LogP contribution in [0.1, 0.15) is 10.4 Å². The number of rotatable bonds is 2. The number of esters is 1. The minimum absolute atomic E-state index is 0.621. The van der Waals surface area contributed by atoms with Crippen LogP contribution in [0.3, 0.4) is 0 Å². The average Bonchev–Trinajstić information content (AvgIpc) is 2.18. The summed E-state index contributed by atoms with van der Waals surface area (Å²) >= 11 is 0. The monoisotopic (exact) mass is 238 g/mol. The van der Waals surface area contributed by atoms with Gasteiger partial charge in [0.05, 0.1) is 12.7 Å². The topological polar surface area (TPSA) is 35.5 Å². The zero-order valence-corrected chi connectivity index (χ0v) is 7.97. The summed E-state index contributed by atoms with van der Waals surface area (Å²) in [5, 5.41) is 0. The Kier molecular flexibility index (Phi) is 3.36. The van der Waals surface area contributed by atoms with E-state index in [2.05, 4.69) is 9.47 Å². The molecular formula is C9H6F4O3. The standard InChI is InChI=1S/C9H6F4O3/c1-15-8(14)5-3-2-4-6(7(5)10)16-9(11,12)13/h2-4H,1H3. The van der Waals surface area contributed by atoms with Gasteiger partial charge >= 0.3 is 12.3 Å². The number of ether oxygens (including phenoxy) is 2. The Hall–Kier alpha value is -1.79. The van der Waals surface area contributed by atoms with Crippen LogP contribution in [-0.2, 0) is 4.74 Å². The molecule has 0 unspecified atom stereocenters. The Balaban J connectivity index is 3.09. The molecule has 88 valence electrons. The van der Waals surface area contributed by atoms with Crippen molar-refractivity contribution < 1.29 is 31.8 Å². The highest BCUT2D eigenvalue weighted by Crippen LogP contribution is 2.27. The van der Waals surface area contributed by atoms with Gasteiger partial charge in [-0.2, -0.15) is 0 Å². The smallest absolute Gasteiger partial charge is 0.465 e. The average molecular weight is 238 g/mol. The second kappa shape index (κ2) is 4.38. The quantitative estimate of drug-likeness (QED) is 0.586. The van der Waals surface area contributed by atoms with Crippen molar-refractivity contribution in [2.24, 2.45) is 0 Å². The molecular weight excluding hydrogens is 232 g/mol. The lowest BCUT2D eigenvalue weighted by molar-refractivity contribution is -0.275. The molecule has 0 N–H and O–H groups in total. The van der Waals surface area contributed by atoms with E-state index in [1.54, 1.807) is 0 Å². The minimum atomic E-state index is -5.02. The summed E-state index contributed by atoms with van der Waals surface area (Å²) in [6, 6.07) is 2.80. The predicted octanol–water partition coefficient (Wildman–Crippen LogP) is 2.51. The third-order valence-corrected chi connectivity index (χ3v) is 1.59. The molecule has 0 aliphatic rings. The van der Waals surface area contributed by atoms with Crippen molar-refractivity contribution in [2.75, 3.05) is 7.11 Å². The highest BCUT2D eigenvalue weighted by Gasteiger charge is 2.33. The van der Waals surface area contributed by atoms with E-state index >= 15 is 0 Å². The van der Waals surface area contributed by atoms with Crippen LogP contribution in [0.5, 0.6) is 5.75 Å². The summed E-state index contributed by atoms with van der Waals surface area (Å²) in [6.45, 7) is 0. The fraction of sp³-hybridized carbons (Fsp3) is 0.222. The number of hydrogen-bond acceptors (Lipinski definition) is 3. The Morgan fingerprint density at radius 3 is 2.44 bits per heavy atom. The van der Waals surface area contributed by atoms with Crippen LogP contribution in [0.15, 0.2) is 18.2 Å². The third-order valence-electron chi connectivity index (χ3n) is 1.59. The van der Waals surface area contributed by atoms with E-state index < -0.39 is 29.5 Å². The number of benzene rings is 1. The zero-order valence-electron chi connectivity index (χ0n) is 7.97. The van der Waals surface area contributed by atoms with E-state index in [-0.39, 0.29) is 0 Å². The first-order chi connectivity index (χ1) is 7.35. The molecule has 1 aromatic rings. The SMILES string of the molecule is COC(=O)c1cccc(OC(F)(F)F)c1F. The van der Waals surface area contributed by atoms with Crippen LogP contribution in [0.4, 0.5) is 17.6 Å². The fourth-order valence-electron chi connectivity index (χ4n) is 0.982. The maximum atomic E-state index is 13.3. The number of carbonyl (C=O) groups excluding carboxylic acids is 1.